The maximum atomic E-state index is 11.5. The van der Waals surface area contributed by atoms with E-state index >= 15 is 0 Å². The Bertz CT molecular complexity index is 497. The largest absolute Gasteiger partial charge is 1.00 e. The molecule has 2 rings (SSSR count). The number of benzene rings is 1. The molecule has 0 N–H and O–H groups in total. The van der Waals surface area contributed by atoms with Gasteiger partial charge in [0.1, 0.15) is 0 Å². The molecule has 0 aromatic heterocycles. The third-order valence-corrected chi connectivity index (χ3v) is 5.11. The van der Waals surface area contributed by atoms with E-state index in [0.717, 1.165) is 0 Å². The van der Waals surface area contributed by atoms with Gasteiger partial charge in [-0.1, -0.05) is 18.2 Å². The van der Waals surface area contributed by atoms with Crippen LogP contribution in [0, 0.1) is 0 Å². The molecule has 0 amide bonds. The molecule has 0 saturated heterocycles. The first-order valence-corrected chi connectivity index (χ1v) is 6.71. The zero-order chi connectivity index (χ0) is 10.3. The molecule has 2 atom stereocenters. The maximum Gasteiger partial charge on any atom is 1.00 e. The Kier molecular flexibility index (Phi) is 4.13. The zero-order valence-electron chi connectivity index (χ0n) is 8.04. The van der Waals surface area contributed by atoms with Crippen molar-refractivity contribution < 1.29 is 46.7 Å². The maximum absolute atomic E-state index is 11.5. The van der Waals surface area contributed by atoms with Gasteiger partial charge in [-0.05, 0) is 22.7 Å². The van der Waals surface area contributed by atoms with Crippen molar-refractivity contribution in [2.24, 2.45) is 0 Å². The molecule has 0 spiro atoms. The van der Waals surface area contributed by atoms with E-state index in [-0.39, 0.29) is 40.2 Å². The Hall–Kier alpha value is 0.280. The van der Waals surface area contributed by atoms with Crippen LogP contribution in [0.4, 0.5) is 0 Å². The van der Waals surface area contributed by atoms with Crippen LogP contribution < -0.4 is 29.6 Å². The van der Waals surface area contributed by atoms with Crippen LogP contribution in [0.5, 0.6) is 0 Å². The fourth-order valence-electron chi connectivity index (χ4n) is 1.57. The number of rotatable bonds is 1. The van der Waals surface area contributed by atoms with Crippen molar-refractivity contribution in [3.63, 3.8) is 0 Å². The molecular weight excluding hydrogens is 247 g/mol. The molecular formula is C8H7NaO4S2. The molecule has 0 radical (unpaired) electrons. The van der Waals surface area contributed by atoms with E-state index in [1.54, 1.807) is 18.2 Å². The molecule has 0 aliphatic carbocycles. The van der Waals surface area contributed by atoms with Gasteiger partial charge in [-0.15, -0.1) is 0 Å². The van der Waals surface area contributed by atoms with Gasteiger partial charge in [-0.2, -0.15) is 0 Å². The van der Waals surface area contributed by atoms with Crippen molar-refractivity contribution in [1.82, 2.24) is 0 Å². The molecule has 1 aliphatic heterocycles. The first-order valence-electron chi connectivity index (χ1n) is 3.92. The summed E-state index contributed by atoms with van der Waals surface area (Å²) in [5.41, 5.74) is 0.390. The van der Waals surface area contributed by atoms with Crippen molar-refractivity contribution in [2.45, 2.75) is 10.1 Å². The minimum absolute atomic E-state index is 0. The van der Waals surface area contributed by atoms with Crippen LogP contribution in [0.15, 0.2) is 29.2 Å². The predicted molar refractivity (Wildman–Crippen MR) is 50.2 cm³/mol. The van der Waals surface area contributed by atoms with Crippen LogP contribution >= 0.6 is 0 Å². The summed E-state index contributed by atoms with van der Waals surface area (Å²) >= 11 is -2.38. The van der Waals surface area contributed by atoms with E-state index in [9.17, 15) is 17.2 Å². The second-order valence-corrected chi connectivity index (χ2v) is 6.16. The van der Waals surface area contributed by atoms with Crippen LogP contribution in [0.1, 0.15) is 10.8 Å². The normalized spacial score (nSPS) is 23.9. The molecule has 0 fully saturated rings. The van der Waals surface area contributed by atoms with E-state index in [4.69, 9.17) is 0 Å². The van der Waals surface area contributed by atoms with Gasteiger partial charge < -0.3 is 4.55 Å². The Labute approximate surface area is 113 Å². The summed E-state index contributed by atoms with van der Waals surface area (Å²) in [4.78, 5) is 0.147. The van der Waals surface area contributed by atoms with Gasteiger partial charge in [-0.3, -0.25) is 4.21 Å². The van der Waals surface area contributed by atoms with Crippen molar-refractivity contribution >= 4 is 20.9 Å². The van der Waals surface area contributed by atoms with Crippen LogP contribution in [-0.2, 0) is 20.9 Å². The third kappa shape index (κ3) is 2.35. The SMILES string of the molecule is O=S([O-])C1CS(=O)(=O)c2ccccc21.[Na+]. The Balaban J connectivity index is 0.00000112. The Morgan fingerprint density at radius 2 is 1.93 bits per heavy atom. The minimum atomic E-state index is -3.39. The van der Waals surface area contributed by atoms with Crippen LogP contribution in [-0.4, -0.2) is 22.9 Å². The second kappa shape index (κ2) is 4.65. The molecule has 4 nitrogen and oxygen atoms in total. The summed E-state index contributed by atoms with van der Waals surface area (Å²) in [6.45, 7) is 0. The minimum Gasteiger partial charge on any atom is -0.772 e. The molecule has 1 aromatic carbocycles. The molecule has 7 heteroatoms. The molecule has 1 aromatic rings. The molecule has 15 heavy (non-hydrogen) atoms. The van der Waals surface area contributed by atoms with Crippen LogP contribution in [0.25, 0.3) is 0 Å². The Morgan fingerprint density at radius 3 is 2.53 bits per heavy atom. The molecule has 0 bridgehead atoms. The molecule has 1 heterocycles. The van der Waals surface area contributed by atoms with Crippen molar-refractivity contribution in [3.8, 4) is 0 Å². The summed E-state index contributed by atoms with van der Waals surface area (Å²) in [6, 6.07) is 6.21. The fraction of sp³-hybridized carbons (Fsp3) is 0.250. The summed E-state index contributed by atoms with van der Waals surface area (Å²) in [6.07, 6.45) is 0. The predicted octanol–water partition coefficient (Wildman–Crippen LogP) is -2.60. The van der Waals surface area contributed by atoms with E-state index in [0.29, 0.717) is 5.56 Å². The Morgan fingerprint density at radius 1 is 1.33 bits per heavy atom. The summed E-state index contributed by atoms with van der Waals surface area (Å²) in [5.74, 6) is -0.331. The molecule has 76 valence electrons. The molecule has 2 unspecified atom stereocenters. The topological polar surface area (TPSA) is 74.3 Å². The van der Waals surface area contributed by atoms with Gasteiger partial charge in [0.2, 0.25) is 0 Å². The van der Waals surface area contributed by atoms with Crippen molar-refractivity contribution in [1.29, 1.82) is 0 Å². The third-order valence-electron chi connectivity index (χ3n) is 2.20. The smallest absolute Gasteiger partial charge is 0.772 e. The fourth-order valence-corrected chi connectivity index (χ4v) is 4.65. The standard InChI is InChI=1S/C8H8O4S2.Na/c9-13(10)7-5-14(11,12)8-4-2-1-3-6(7)8;/h1-4,7H,5H2,(H,9,10);/q;+1/p-1. The average molecular weight is 254 g/mol. The first kappa shape index (κ1) is 13.3. The molecule has 0 saturated carbocycles. The van der Waals surface area contributed by atoms with Crippen LogP contribution in [0.3, 0.4) is 0 Å². The van der Waals surface area contributed by atoms with E-state index in [1.165, 1.54) is 6.07 Å². The van der Waals surface area contributed by atoms with Gasteiger partial charge in [0.15, 0.2) is 9.84 Å². The van der Waals surface area contributed by atoms with Gasteiger partial charge in [0.25, 0.3) is 0 Å². The van der Waals surface area contributed by atoms with E-state index < -0.39 is 26.2 Å². The zero-order valence-corrected chi connectivity index (χ0v) is 11.7. The van der Waals surface area contributed by atoms with Crippen molar-refractivity contribution in [3.05, 3.63) is 29.8 Å². The number of sulfone groups is 1. The second-order valence-electron chi connectivity index (χ2n) is 3.07. The van der Waals surface area contributed by atoms with E-state index in [2.05, 4.69) is 0 Å². The number of hydrogen-bond acceptors (Lipinski definition) is 4. The summed E-state index contributed by atoms with van der Waals surface area (Å²) in [7, 11) is -3.39. The number of fused-ring (bicyclic) bond motifs is 1. The quantitative estimate of drug-likeness (QED) is 0.407. The summed E-state index contributed by atoms with van der Waals surface area (Å²) in [5, 5.41) is -0.906. The average Bonchev–Trinajstić information content (AvgIpc) is 2.40. The summed E-state index contributed by atoms with van der Waals surface area (Å²) < 4.78 is 44.6. The van der Waals surface area contributed by atoms with E-state index in [1.807, 2.05) is 0 Å². The number of hydrogen-bond donors (Lipinski definition) is 0. The molecule has 1 aliphatic rings. The first-order chi connectivity index (χ1) is 6.52. The van der Waals surface area contributed by atoms with Gasteiger partial charge in [0.05, 0.1) is 15.9 Å². The van der Waals surface area contributed by atoms with Gasteiger partial charge in [0, 0.05) is 0 Å². The monoisotopic (exact) mass is 254 g/mol. The van der Waals surface area contributed by atoms with Gasteiger partial charge >= 0.3 is 29.6 Å². The van der Waals surface area contributed by atoms with Gasteiger partial charge in [-0.25, -0.2) is 8.42 Å². The van der Waals surface area contributed by atoms with Crippen LogP contribution in [0.2, 0.25) is 0 Å². The van der Waals surface area contributed by atoms with Crippen molar-refractivity contribution in [2.75, 3.05) is 5.75 Å².